The summed E-state index contributed by atoms with van der Waals surface area (Å²) in [7, 11) is 2.08. The minimum Gasteiger partial charge on any atom is -0.313 e. The van der Waals surface area contributed by atoms with Crippen LogP contribution in [0.3, 0.4) is 0 Å². The summed E-state index contributed by atoms with van der Waals surface area (Å²) in [6, 6.07) is 13.4. The number of likely N-dealkylation sites (N-methyl/N-ethyl adjacent to an activating group) is 2. The van der Waals surface area contributed by atoms with Crippen molar-refractivity contribution >= 4 is 34.4 Å². The van der Waals surface area contributed by atoms with Gasteiger partial charge in [-0.2, -0.15) is 5.10 Å². The molecule has 0 spiro atoms. The molecule has 0 saturated carbocycles. The number of hydrazone groups is 1. The number of nitrogens with one attached hydrogen (secondary N) is 2. The molecule has 2 amide bonds. The molecule has 9 heteroatoms. The molecule has 0 bridgehead atoms. The molecule has 0 saturated heterocycles. The molecule has 0 unspecified atom stereocenters. The second-order valence-electron chi connectivity index (χ2n) is 8.80. The van der Waals surface area contributed by atoms with Crippen molar-refractivity contribution in [3.63, 3.8) is 0 Å². The first-order valence-electron chi connectivity index (χ1n) is 12.3. The van der Waals surface area contributed by atoms with Crippen molar-refractivity contribution in [1.82, 2.24) is 15.2 Å². The van der Waals surface area contributed by atoms with Gasteiger partial charge < -0.3 is 15.1 Å². The standard InChI is InChI=1S/C28H34FN5O2S/c1-5-34(6-2)14-13-33(4)18-22-10-7-11-23(15-22)26(35)31-28-25(20(3)19-37-28)27(36)32-30-17-21-9-8-12-24(29)16-21/h7-12,15-17,19H,5-6,13-14,18H2,1-4H3,(H,31,35)(H,32,36). The van der Waals surface area contributed by atoms with Gasteiger partial charge in [-0.25, -0.2) is 9.82 Å². The van der Waals surface area contributed by atoms with Crippen LogP contribution in [0.5, 0.6) is 0 Å². The first-order valence-corrected chi connectivity index (χ1v) is 13.2. The fourth-order valence-electron chi connectivity index (χ4n) is 3.86. The van der Waals surface area contributed by atoms with Crippen LogP contribution in [0.1, 0.15) is 51.3 Å². The van der Waals surface area contributed by atoms with E-state index in [1.165, 1.54) is 29.7 Å². The van der Waals surface area contributed by atoms with Crippen molar-refractivity contribution in [3.05, 3.63) is 87.5 Å². The van der Waals surface area contributed by atoms with Crippen LogP contribution < -0.4 is 10.7 Å². The summed E-state index contributed by atoms with van der Waals surface area (Å²) in [4.78, 5) is 30.5. The number of benzene rings is 2. The molecule has 1 aromatic heterocycles. The molecule has 196 valence electrons. The van der Waals surface area contributed by atoms with Gasteiger partial charge in [0.15, 0.2) is 0 Å². The van der Waals surface area contributed by atoms with E-state index in [1.54, 1.807) is 25.1 Å². The third kappa shape index (κ3) is 8.31. The van der Waals surface area contributed by atoms with Gasteiger partial charge in [0.2, 0.25) is 0 Å². The van der Waals surface area contributed by atoms with Gasteiger partial charge in [0.05, 0.1) is 11.8 Å². The molecule has 0 aliphatic carbocycles. The number of hydrogen-bond acceptors (Lipinski definition) is 6. The summed E-state index contributed by atoms with van der Waals surface area (Å²) < 4.78 is 13.3. The highest BCUT2D eigenvalue weighted by molar-refractivity contribution is 7.15. The van der Waals surface area contributed by atoms with Crippen LogP contribution in [-0.2, 0) is 6.54 Å². The summed E-state index contributed by atoms with van der Waals surface area (Å²) in [5.74, 6) is -1.12. The summed E-state index contributed by atoms with van der Waals surface area (Å²) in [5.41, 5.74) is 5.62. The summed E-state index contributed by atoms with van der Waals surface area (Å²) in [6.45, 7) is 10.9. The minimum absolute atomic E-state index is 0.285. The van der Waals surface area contributed by atoms with Crippen molar-refractivity contribution < 1.29 is 14.0 Å². The SMILES string of the molecule is CCN(CC)CCN(C)Cc1cccc(C(=O)Nc2scc(C)c2C(=O)NN=Cc2cccc(F)c2)c1. The maximum absolute atomic E-state index is 13.3. The lowest BCUT2D eigenvalue weighted by Crippen LogP contribution is -2.32. The van der Waals surface area contributed by atoms with Gasteiger partial charge in [0.1, 0.15) is 10.8 Å². The summed E-state index contributed by atoms with van der Waals surface area (Å²) >= 11 is 1.28. The van der Waals surface area contributed by atoms with Crippen LogP contribution in [0.25, 0.3) is 0 Å². The highest BCUT2D eigenvalue weighted by Gasteiger charge is 2.19. The third-order valence-corrected chi connectivity index (χ3v) is 7.00. The molecule has 0 radical (unpaired) electrons. The smallest absolute Gasteiger partial charge is 0.274 e. The number of nitrogens with zero attached hydrogens (tertiary/aromatic N) is 3. The molecular weight excluding hydrogens is 489 g/mol. The highest BCUT2D eigenvalue weighted by Crippen LogP contribution is 2.28. The van der Waals surface area contributed by atoms with Crippen molar-refractivity contribution in [1.29, 1.82) is 0 Å². The Balaban J connectivity index is 1.63. The van der Waals surface area contributed by atoms with Crippen LogP contribution in [-0.4, -0.2) is 61.1 Å². The fraction of sp³-hybridized carbons (Fsp3) is 0.321. The zero-order valence-corrected chi connectivity index (χ0v) is 22.6. The van der Waals surface area contributed by atoms with Crippen molar-refractivity contribution in [3.8, 4) is 0 Å². The molecule has 7 nitrogen and oxygen atoms in total. The largest absolute Gasteiger partial charge is 0.313 e. The molecule has 3 rings (SSSR count). The quantitative estimate of drug-likeness (QED) is 0.259. The van der Waals surface area contributed by atoms with E-state index in [4.69, 9.17) is 0 Å². The third-order valence-electron chi connectivity index (χ3n) is 5.99. The lowest BCUT2D eigenvalue weighted by Gasteiger charge is -2.23. The molecule has 2 N–H and O–H groups in total. The lowest BCUT2D eigenvalue weighted by molar-refractivity contribution is 0.0956. The Hall–Kier alpha value is -3.40. The number of halogens is 1. The molecular formula is C28H34FN5O2S. The zero-order chi connectivity index (χ0) is 26.8. The molecule has 1 heterocycles. The monoisotopic (exact) mass is 523 g/mol. The van der Waals surface area contributed by atoms with Gasteiger partial charge in [-0.3, -0.25) is 9.59 Å². The number of anilines is 1. The Bertz CT molecular complexity index is 1240. The van der Waals surface area contributed by atoms with E-state index in [0.717, 1.165) is 43.9 Å². The lowest BCUT2D eigenvalue weighted by atomic mass is 10.1. The predicted molar refractivity (Wildman–Crippen MR) is 149 cm³/mol. The maximum Gasteiger partial charge on any atom is 0.274 e. The zero-order valence-electron chi connectivity index (χ0n) is 21.8. The Morgan fingerprint density at radius 3 is 2.54 bits per heavy atom. The van der Waals surface area contributed by atoms with E-state index in [1.807, 2.05) is 23.6 Å². The molecule has 0 fully saturated rings. The first-order chi connectivity index (χ1) is 17.8. The number of rotatable bonds is 12. The first kappa shape index (κ1) is 28.2. The van der Waals surface area contributed by atoms with Gasteiger partial charge in [-0.1, -0.05) is 38.1 Å². The molecule has 3 aromatic rings. The average Bonchev–Trinajstić information content (AvgIpc) is 3.24. The van der Waals surface area contributed by atoms with Crippen molar-refractivity contribution in [2.75, 3.05) is 38.5 Å². The average molecular weight is 524 g/mol. The Morgan fingerprint density at radius 2 is 1.81 bits per heavy atom. The molecule has 0 aliphatic rings. The van der Waals surface area contributed by atoms with Gasteiger partial charge in [0.25, 0.3) is 11.8 Å². The van der Waals surface area contributed by atoms with Gasteiger partial charge in [-0.05, 0) is 73.4 Å². The molecule has 2 aromatic carbocycles. The number of amides is 2. The van der Waals surface area contributed by atoms with Crippen LogP contribution >= 0.6 is 11.3 Å². The molecule has 37 heavy (non-hydrogen) atoms. The van der Waals surface area contributed by atoms with Crippen LogP contribution in [0.15, 0.2) is 59.0 Å². The van der Waals surface area contributed by atoms with Crippen LogP contribution in [0, 0.1) is 12.7 Å². The number of carbonyl (C=O) groups excluding carboxylic acids is 2. The Kier molecular flexibility index (Phi) is 10.5. The number of hydrogen-bond donors (Lipinski definition) is 2. The van der Waals surface area contributed by atoms with Gasteiger partial charge in [-0.15, -0.1) is 11.3 Å². The molecule has 0 atom stereocenters. The topological polar surface area (TPSA) is 77.0 Å². The van der Waals surface area contributed by atoms with Crippen molar-refractivity contribution in [2.45, 2.75) is 27.3 Å². The van der Waals surface area contributed by atoms with Crippen molar-refractivity contribution in [2.24, 2.45) is 5.10 Å². The number of thiophene rings is 1. The normalized spacial score (nSPS) is 11.4. The van der Waals surface area contributed by atoms with E-state index in [-0.39, 0.29) is 11.7 Å². The fourth-order valence-corrected chi connectivity index (χ4v) is 4.79. The predicted octanol–water partition coefficient (Wildman–Crippen LogP) is 4.99. The van der Waals surface area contributed by atoms with E-state index in [2.05, 4.69) is 46.5 Å². The van der Waals surface area contributed by atoms with Crippen LogP contribution in [0.2, 0.25) is 0 Å². The maximum atomic E-state index is 13.3. The minimum atomic E-state index is -0.453. The number of aryl methyl sites for hydroxylation is 1. The summed E-state index contributed by atoms with van der Waals surface area (Å²) in [6.07, 6.45) is 1.37. The van der Waals surface area contributed by atoms with E-state index in [0.29, 0.717) is 21.7 Å². The highest BCUT2D eigenvalue weighted by atomic mass is 32.1. The Labute approximate surface area is 222 Å². The van der Waals surface area contributed by atoms with Crippen LogP contribution in [0.4, 0.5) is 9.39 Å². The summed E-state index contributed by atoms with van der Waals surface area (Å²) in [5, 5.41) is 9.06. The van der Waals surface area contributed by atoms with E-state index >= 15 is 0 Å². The van der Waals surface area contributed by atoms with E-state index in [9.17, 15) is 14.0 Å². The number of carbonyl (C=O) groups is 2. The molecule has 0 aliphatic heterocycles. The van der Waals surface area contributed by atoms with Gasteiger partial charge in [0, 0.05) is 25.2 Å². The second-order valence-corrected chi connectivity index (χ2v) is 9.68. The van der Waals surface area contributed by atoms with Gasteiger partial charge >= 0.3 is 0 Å². The van der Waals surface area contributed by atoms with E-state index < -0.39 is 5.91 Å². The second kappa shape index (κ2) is 13.8. The Morgan fingerprint density at radius 1 is 1.05 bits per heavy atom.